The monoisotopic (exact) mass is 320 g/mol. The lowest BCUT2D eigenvalue weighted by atomic mass is 9.86. The van der Waals surface area contributed by atoms with E-state index in [1.54, 1.807) is 11.4 Å². The summed E-state index contributed by atoms with van der Waals surface area (Å²) in [5.74, 6) is -2.41. The van der Waals surface area contributed by atoms with Gasteiger partial charge < -0.3 is 14.9 Å². The van der Waals surface area contributed by atoms with Gasteiger partial charge in [0.15, 0.2) is 6.10 Å². The van der Waals surface area contributed by atoms with Gasteiger partial charge in [0.05, 0.1) is 0 Å². The maximum atomic E-state index is 11.4. The van der Waals surface area contributed by atoms with Crippen molar-refractivity contribution >= 4 is 23.3 Å². The first-order valence-corrected chi connectivity index (χ1v) is 7.53. The van der Waals surface area contributed by atoms with E-state index in [9.17, 15) is 19.8 Å². The molecule has 2 N–H and O–H groups in total. The summed E-state index contributed by atoms with van der Waals surface area (Å²) in [5, 5.41) is 20.2. The number of benzene rings is 1. The normalized spacial score (nSPS) is 13.5. The average Bonchev–Trinajstić information content (AvgIpc) is 2.98. The van der Waals surface area contributed by atoms with Gasteiger partial charge in [0, 0.05) is 13.0 Å². The number of aromatic carboxylic acids is 1. The quantitative estimate of drug-likeness (QED) is 0.819. The van der Waals surface area contributed by atoms with Crippen LogP contribution in [0.4, 0.5) is 0 Å². The first kappa shape index (κ1) is 16.2. The van der Waals surface area contributed by atoms with Crippen LogP contribution in [0, 0.1) is 0 Å². The molecule has 2 aromatic rings. The van der Waals surface area contributed by atoms with Crippen LogP contribution in [0.25, 0.3) is 0 Å². The van der Waals surface area contributed by atoms with Gasteiger partial charge in [-0.3, -0.25) is 0 Å². The fraction of sp³-hybridized carbons (Fsp3) is 0.250. The van der Waals surface area contributed by atoms with Crippen LogP contribution < -0.4 is 0 Å². The van der Waals surface area contributed by atoms with Crippen molar-refractivity contribution in [1.82, 2.24) is 0 Å². The van der Waals surface area contributed by atoms with Gasteiger partial charge in [-0.15, -0.1) is 11.3 Å². The fourth-order valence-corrected chi connectivity index (χ4v) is 3.21. The minimum Gasteiger partial charge on any atom is -0.479 e. The number of thiophene rings is 1. The van der Waals surface area contributed by atoms with Crippen molar-refractivity contribution in [1.29, 1.82) is 0 Å². The summed E-state index contributed by atoms with van der Waals surface area (Å²) in [7, 11) is 1.34. The van der Waals surface area contributed by atoms with E-state index >= 15 is 0 Å². The van der Waals surface area contributed by atoms with Crippen LogP contribution in [-0.4, -0.2) is 35.4 Å². The highest BCUT2D eigenvalue weighted by atomic mass is 32.1. The van der Waals surface area contributed by atoms with Crippen molar-refractivity contribution in [3.05, 3.63) is 57.8 Å². The predicted molar refractivity (Wildman–Crippen MR) is 82.6 cm³/mol. The van der Waals surface area contributed by atoms with Gasteiger partial charge in [0.1, 0.15) is 4.88 Å². The van der Waals surface area contributed by atoms with Crippen molar-refractivity contribution in [2.45, 2.75) is 18.4 Å². The Morgan fingerprint density at radius 2 is 1.86 bits per heavy atom. The van der Waals surface area contributed by atoms with E-state index in [-0.39, 0.29) is 17.2 Å². The molecule has 116 valence electrons. The van der Waals surface area contributed by atoms with E-state index in [0.29, 0.717) is 5.56 Å². The number of hydrogen-bond acceptors (Lipinski definition) is 4. The molecule has 0 bridgehead atoms. The van der Waals surface area contributed by atoms with Crippen LogP contribution in [0.5, 0.6) is 0 Å². The molecule has 0 radical (unpaired) electrons. The lowest BCUT2D eigenvalue weighted by molar-refractivity contribution is -0.149. The summed E-state index contributed by atoms with van der Waals surface area (Å²) < 4.78 is 5.02. The molecule has 2 atom stereocenters. The molecule has 0 aliphatic rings. The van der Waals surface area contributed by atoms with E-state index in [1.165, 1.54) is 7.11 Å². The van der Waals surface area contributed by atoms with Gasteiger partial charge >= 0.3 is 11.9 Å². The largest absolute Gasteiger partial charge is 0.479 e. The minimum absolute atomic E-state index is 0.173. The number of aliphatic carboxylic acids is 1. The molecule has 1 aromatic heterocycles. The Bertz CT molecular complexity index is 650. The third kappa shape index (κ3) is 3.52. The Morgan fingerprint density at radius 1 is 1.18 bits per heavy atom. The van der Waals surface area contributed by atoms with Gasteiger partial charge in [-0.2, -0.15) is 0 Å². The number of rotatable bonds is 7. The number of carbonyl (C=O) groups is 2. The van der Waals surface area contributed by atoms with E-state index in [1.807, 2.05) is 30.3 Å². The minimum atomic E-state index is -1.06. The Hall–Kier alpha value is -2.18. The second-order valence-electron chi connectivity index (χ2n) is 4.77. The maximum absolute atomic E-state index is 11.4. The van der Waals surface area contributed by atoms with E-state index in [2.05, 4.69) is 0 Å². The zero-order chi connectivity index (χ0) is 16.1. The molecule has 6 heteroatoms. The van der Waals surface area contributed by atoms with Crippen molar-refractivity contribution in [3.63, 3.8) is 0 Å². The lowest BCUT2D eigenvalue weighted by Crippen LogP contribution is -2.25. The summed E-state index contributed by atoms with van der Waals surface area (Å²) in [6.07, 6.45) is -0.820. The van der Waals surface area contributed by atoms with Crippen molar-refractivity contribution < 1.29 is 24.5 Å². The SMILES string of the molecule is COC(CC(c1ccccc1)c1ccsc1C(=O)O)C(=O)O. The molecule has 2 unspecified atom stereocenters. The molecule has 0 amide bonds. The molecule has 2 rings (SSSR count). The maximum Gasteiger partial charge on any atom is 0.346 e. The zero-order valence-corrected chi connectivity index (χ0v) is 12.7. The number of hydrogen-bond donors (Lipinski definition) is 2. The molecular weight excluding hydrogens is 304 g/mol. The molecule has 0 fully saturated rings. The number of methoxy groups -OCH3 is 1. The first-order valence-electron chi connectivity index (χ1n) is 6.65. The van der Waals surface area contributed by atoms with Gasteiger partial charge in [0.2, 0.25) is 0 Å². The van der Waals surface area contributed by atoms with E-state index < -0.39 is 18.0 Å². The van der Waals surface area contributed by atoms with Crippen LogP contribution >= 0.6 is 11.3 Å². The zero-order valence-electron chi connectivity index (χ0n) is 11.9. The van der Waals surface area contributed by atoms with Gasteiger partial charge in [-0.05, 0) is 29.0 Å². The fourth-order valence-electron chi connectivity index (χ4n) is 2.41. The van der Waals surface area contributed by atoms with Crippen molar-refractivity contribution in [2.75, 3.05) is 7.11 Å². The van der Waals surface area contributed by atoms with Crippen LogP contribution in [0.15, 0.2) is 41.8 Å². The molecule has 1 heterocycles. The standard InChI is InChI=1S/C16H16O5S/c1-21-13(15(17)18)9-12(10-5-3-2-4-6-10)11-7-8-22-14(11)16(19)20/h2-8,12-13H,9H2,1H3,(H,17,18)(H,19,20). The topological polar surface area (TPSA) is 83.8 Å². The second kappa shape index (κ2) is 7.20. The van der Waals surface area contributed by atoms with E-state index in [4.69, 9.17) is 4.74 Å². The van der Waals surface area contributed by atoms with Crippen LogP contribution in [0.3, 0.4) is 0 Å². The Balaban J connectivity index is 2.44. The smallest absolute Gasteiger partial charge is 0.346 e. The predicted octanol–water partition coefficient (Wildman–Crippen LogP) is 3.07. The van der Waals surface area contributed by atoms with Gasteiger partial charge in [-0.25, -0.2) is 9.59 Å². The molecule has 0 spiro atoms. The van der Waals surface area contributed by atoms with Crippen molar-refractivity contribution in [3.8, 4) is 0 Å². The number of ether oxygens (including phenoxy) is 1. The highest BCUT2D eigenvalue weighted by molar-refractivity contribution is 7.12. The molecule has 0 aliphatic heterocycles. The van der Waals surface area contributed by atoms with Gasteiger partial charge in [0.25, 0.3) is 0 Å². The molecule has 1 aromatic carbocycles. The number of carboxylic acid groups (broad SMARTS) is 2. The average molecular weight is 320 g/mol. The molecule has 5 nitrogen and oxygen atoms in total. The summed E-state index contributed by atoms with van der Waals surface area (Å²) >= 11 is 1.14. The molecule has 0 saturated heterocycles. The summed E-state index contributed by atoms with van der Waals surface area (Å²) in [5.41, 5.74) is 1.48. The third-order valence-electron chi connectivity index (χ3n) is 3.48. The highest BCUT2D eigenvalue weighted by Crippen LogP contribution is 2.34. The molecular formula is C16H16O5S. The van der Waals surface area contributed by atoms with Crippen molar-refractivity contribution in [2.24, 2.45) is 0 Å². The third-order valence-corrected chi connectivity index (χ3v) is 4.40. The molecule has 22 heavy (non-hydrogen) atoms. The van der Waals surface area contributed by atoms with Crippen LogP contribution in [0.1, 0.15) is 33.1 Å². The highest BCUT2D eigenvalue weighted by Gasteiger charge is 2.28. The summed E-state index contributed by atoms with van der Waals surface area (Å²) in [6.45, 7) is 0. The summed E-state index contributed by atoms with van der Waals surface area (Å²) in [6, 6.07) is 11.0. The van der Waals surface area contributed by atoms with E-state index in [0.717, 1.165) is 16.9 Å². The summed E-state index contributed by atoms with van der Waals surface area (Å²) in [4.78, 5) is 22.8. The number of carboxylic acids is 2. The first-order chi connectivity index (χ1) is 10.5. The Labute approximate surface area is 131 Å². The Morgan fingerprint density at radius 3 is 2.41 bits per heavy atom. The lowest BCUT2D eigenvalue weighted by Gasteiger charge is -2.21. The molecule has 0 saturated carbocycles. The second-order valence-corrected chi connectivity index (χ2v) is 5.69. The van der Waals surface area contributed by atoms with Crippen LogP contribution in [-0.2, 0) is 9.53 Å². The van der Waals surface area contributed by atoms with Gasteiger partial charge in [-0.1, -0.05) is 30.3 Å². The van der Waals surface area contributed by atoms with Crippen LogP contribution in [0.2, 0.25) is 0 Å². The Kier molecular flexibility index (Phi) is 5.30. The molecule has 0 aliphatic carbocycles.